The molecule has 2 rings (SSSR count). The van der Waals surface area contributed by atoms with Crippen LogP contribution < -0.4 is 5.32 Å². The maximum absolute atomic E-state index is 12.1. The lowest BCUT2D eigenvalue weighted by atomic mass is 10.1. The summed E-state index contributed by atoms with van der Waals surface area (Å²) < 4.78 is 19.1. The smallest absolute Gasteiger partial charge is 0.203 e. The third-order valence-corrected chi connectivity index (χ3v) is 6.36. The molecule has 4 nitrogen and oxygen atoms in total. The first-order chi connectivity index (χ1) is 10.00. The standard InChI is InChI=1S/C15H23INO3P/c1-2-3-7-21(18,19)11-14-9-17-15(10-20-14)12-5-4-6-13(16)8-12/h4-6,8,14-15,17H,2-3,7,9-11H2,1H3,(H,18,19). The Morgan fingerprint density at radius 1 is 1.52 bits per heavy atom. The quantitative estimate of drug-likeness (QED) is 0.544. The second-order valence-corrected chi connectivity index (χ2v) is 9.33. The molecule has 1 saturated heterocycles. The fourth-order valence-electron chi connectivity index (χ4n) is 2.49. The molecule has 1 aromatic rings. The summed E-state index contributed by atoms with van der Waals surface area (Å²) in [6, 6.07) is 8.50. The van der Waals surface area contributed by atoms with Crippen molar-refractivity contribution in [3.8, 4) is 0 Å². The van der Waals surface area contributed by atoms with E-state index in [9.17, 15) is 9.46 Å². The normalized spacial score (nSPS) is 25.5. The molecule has 1 aliphatic rings. The molecule has 1 aromatic carbocycles. The number of rotatable bonds is 6. The maximum atomic E-state index is 12.1. The molecule has 0 spiro atoms. The minimum Gasteiger partial charge on any atom is -0.374 e. The molecule has 1 fully saturated rings. The number of unbranched alkanes of at least 4 members (excludes halogenated alkanes) is 1. The molecule has 1 heterocycles. The van der Waals surface area contributed by atoms with Gasteiger partial charge in [0.05, 0.1) is 24.9 Å². The lowest BCUT2D eigenvalue weighted by molar-refractivity contribution is 0.0157. The zero-order valence-corrected chi connectivity index (χ0v) is 15.3. The van der Waals surface area contributed by atoms with Crippen LogP contribution in [0.25, 0.3) is 0 Å². The minimum atomic E-state index is -3.04. The van der Waals surface area contributed by atoms with Crippen molar-refractivity contribution < 1.29 is 14.2 Å². The molecule has 0 bridgehead atoms. The molecule has 118 valence electrons. The average molecular weight is 423 g/mol. The molecule has 2 N–H and O–H groups in total. The molecular formula is C15H23INO3P. The number of benzene rings is 1. The van der Waals surface area contributed by atoms with E-state index < -0.39 is 7.37 Å². The number of hydrogen-bond acceptors (Lipinski definition) is 3. The van der Waals surface area contributed by atoms with Crippen LogP contribution in [0, 0.1) is 3.57 Å². The first-order valence-electron chi connectivity index (χ1n) is 7.41. The predicted octanol–water partition coefficient (Wildman–Crippen LogP) is 3.39. The highest BCUT2D eigenvalue weighted by atomic mass is 127. The van der Waals surface area contributed by atoms with Gasteiger partial charge in [-0.2, -0.15) is 0 Å². The van der Waals surface area contributed by atoms with E-state index in [4.69, 9.17) is 4.74 Å². The fraction of sp³-hybridized carbons (Fsp3) is 0.600. The van der Waals surface area contributed by atoms with E-state index in [0.29, 0.717) is 19.3 Å². The summed E-state index contributed by atoms with van der Waals surface area (Å²) in [5.41, 5.74) is 1.21. The molecule has 21 heavy (non-hydrogen) atoms. The summed E-state index contributed by atoms with van der Waals surface area (Å²) in [5, 5.41) is 3.43. The van der Waals surface area contributed by atoms with Crippen molar-refractivity contribution in [2.24, 2.45) is 0 Å². The second-order valence-electron chi connectivity index (χ2n) is 5.58. The number of ether oxygens (including phenoxy) is 1. The molecule has 1 aliphatic heterocycles. The summed E-state index contributed by atoms with van der Waals surface area (Å²) in [6.45, 7) is 3.22. The monoisotopic (exact) mass is 423 g/mol. The maximum Gasteiger partial charge on any atom is 0.203 e. The van der Waals surface area contributed by atoms with Gasteiger partial charge in [0.15, 0.2) is 0 Å². The van der Waals surface area contributed by atoms with Crippen LogP contribution in [0.15, 0.2) is 24.3 Å². The van der Waals surface area contributed by atoms with E-state index in [1.807, 2.05) is 13.0 Å². The van der Waals surface area contributed by atoms with Crippen LogP contribution in [-0.2, 0) is 9.30 Å². The Balaban J connectivity index is 1.84. The molecule has 6 heteroatoms. The lowest BCUT2D eigenvalue weighted by Crippen LogP contribution is -2.42. The van der Waals surface area contributed by atoms with Crippen molar-refractivity contribution in [2.45, 2.75) is 31.9 Å². The average Bonchev–Trinajstić information content (AvgIpc) is 2.46. The van der Waals surface area contributed by atoms with E-state index in [1.54, 1.807) is 0 Å². The Hall–Kier alpha value is 0.0600. The van der Waals surface area contributed by atoms with E-state index in [0.717, 1.165) is 12.8 Å². The number of halogens is 1. The van der Waals surface area contributed by atoms with E-state index in [1.165, 1.54) is 9.13 Å². The second kappa shape index (κ2) is 8.06. The van der Waals surface area contributed by atoms with Gasteiger partial charge in [0, 0.05) is 16.3 Å². The Morgan fingerprint density at radius 2 is 2.33 bits per heavy atom. The van der Waals surface area contributed by atoms with Gasteiger partial charge in [-0.3, -0.25) is 4.57 Å². The van der Waals surface area contributed by atoms with Crippen LogP contribution in [0.4, 0.5) is 0 Å². The van der Waals surface area contributed by atoms with Gasteiger partial charge in [-0.25, -0.2) is 0 Å². The highest BCUT2D eigenvalue weighted by Gasteiger charge is 2.28. The van der Waals surface area contributed by atoms with Gasteiger partial charge in [0.1, 0.15) is 0 Å². The van der Waals surface area contributed by atoms with Gasteiger partial charge in [-0.1, -0.05) is 25.5 Å². The molecule has 0 radical (unpaired) electrons. The summed E-state index contributed by atoms with van der Waals surface area (Å²) in [5.74, 6) is 0. The highest BCUT2D eigenvalue weighted by Crippen LogP contribution is 2.42. The molecule has 3 unspecified atom stereocenters. The topological polar surface area (TPSA) is 58.6 Å². The van der Waals surface area contributed by atoms with Gasteiger partial charge >= 0.3 is 0 Å². The summed E-state index contributed by atoms with van der Waals surface area (Å²) in [6.07, 6.45) is 2.27. The van der Waals surface area contributed by atoms with Gasteiger partial charge in [0.2, 0.25) is 7.37 Å². The zero-order chi connectivity index (χ0) is 15.3. The van der Waals surface area contributed by atoms with E-state index in [2.05, 4.69) is 46.1 Å². The van der Waals surface area contributed by atoms with Gasteiger partial charge in [0.25, 0.3) is 0 Å². The molecular weight excluding hydrogens is 400 g/mol. The number of hydrogen-bond donors (Lipinski definition) is 2. The van der Waals surface area contributed by atoms with Crippen molar-refractivity contribution >= 4 is 30.0 Å². The number of nitrogens with one attached hydrogen (secondary N) is 1. The molecule has 0 amide bonds. The largest absolute Gasteiger partial charge is 0.374 e. The van der Waals surface area contributed by atoms with Crippen molar-refractivity contribution in [3.05, 3.63) is 33.4 Å². The van der Waals surface area contributed by atoms with Crippen molar-refractivity contribution in [1.29, 1.82) is 0 Å². The van der Waals surface area contributed by atoms with Crippen LogP contribution >= 0.6 is 30.0 Å². The first-order valence-corrected chi connectivity index (χ1v) is 10.5. The minimum absolute atomic E-state index is 0.156. The Kier molecular flexibility index (Phi) is 6.69. The Morgan fingerprint density at radius 3 is 2.95 bits per heavy atom. The van der Waals surface area contributed by atoms with Crippen molar-refractivity contribution in [3.63, 3.8) is 0 Å². The third kappa shape index (κ3) is 5.64. The summed E-state index contributed by atoms with van der Waals surface area (Å²) in [7, 11) is -3.04. The van der Waals surface area contributed by atoms with Crippen molar-refractivity contribution in [2.75, 3.05) is 25.5 Å². The number of morpholine rings is 1. The van der Waals surface area contributed by atoms with Crippen molar-refractivity contribution in [1.82, 2.24) is 5.32 Å². The lowest BCUT2D eigenvalue weighted by Gasteiger charge is -2.31. The van der Waals surface area contributed by atoms with Gasteiger partial charge < -0.3 is 14.9 Å². The van der Waals surface area contributed by atoms with Crippen LogP contribution in [0.5, 0.6) is 0 Å². The predicted molar refractivity (Wildman–Crippen MR) is 94.1 cm³/mol. The molecule has 0 saturated carbocycles. The Bertz CT molecular complexity index is 503. The van der Waals surface area contributed by atoms with Crippen LogP contribution in [0.3, 0.4) is 0 Å². The third-order valence-electron chi connectivity index (χ3n) is 3.69. The fourth-order valence-corrected chi connectivity index (χ4v) is 4.92. The van der Waals surface area contributed by atoms with E-state index in [-0.39, 0.29) is 18.3 Å². The first kappa shape index (κ1) is 17.4. The highest BCUT2D eigenvalue weighted by molar-refractivity contribution is 14.1. The van der Waals surface area contributed by atoms with Gasteiger partial charge in [-0.15, -0.1) is 0 Å². The SMILES string of the molecule is CCCCP(=O)(O)CC1CNC(c2cccc(I)c2)CO1. The summed E-state index contributed by atoms with van der Waals surface area (Å²) >= 11 is 2.30. The van der Waals surface area contributed by atoms with Crippen LogP contribution in [-0.4, -0.2) is 36.5 Å². The van der Waals surface area contributed by atoms with Crippen LogP contribution in [0.2, 0.25) is 0 Å². The zero-order valence-electron chi connectivity index (χ0n) is 12.3. The summed E-state index contributed by atoms with van der Waals surface area (Å²) in [4.78, 5) is 9.96. The Labute approximate surface area is 140 Å². The molecule has 0 aromatic heterocycles. The molecule has 0 aliphatic carbocycles. The molecule has 3 atom stereocenters. The van der Waals surface area contributed by atoms with E-state index >= 15 is 0 Å². The van der Waals surface area contributed by atoms with Crippen LogP contribution in [0.1, 0.15) is 31.4 Å². The van der Waals surface area contributed by atoms with Gasteiger partial charge in [-0.05, 0) is 46.7 Å².